The molecule has 0 atom stereocenters. The van der Waals surface area contributed by atoms with Gasteiger partial charge in [-0.05, 0) is 96.1 Å². The summed E-state index contributed by atoms with van der Waals surface area (Å²) in [7, 11) is 3.69. The Kier molecular flexibility index (Phi) is 21.4. The molecule has 0 aliphatic carbocycles. The number of aryl methyl sites for hydroxylation is 1. The van der Waals surface area contributed by atoms with E-state index in [0.717, 1.165) is 32.6 Å². The first-order valence-corrected chi connectivity index (χ1v) is 18.5. The SMILES string of the molecule is C.CC(=O)c1ccc(-c2ccnc(C)n2)s1.CC(=O)c1ccc(C(=O)C=CN(C)C)s1.CC(=O)c1ccc(C(=O)O)s1.CC(=O)c1ccc(C(C)=O)s1.[2HH].[B]. The molecule has 285 valence electrons. The molecule has 0 fully saturated rings. The van der Waals surface area contributed by atoms with Crippen LogP contribution in [0, 0.1) is 6.92 Å². The summed E-state index contributed by atoms with van der Waals surface area (Å²) in [6, 6.07) is 15.3. The first-order valence-electron chi connectivity index (χ1n) is 15.3. The number of hydrogen-bond acceptors (Lipinski definition) is 14. The van der Waals surface area contributed by atoms with Gasteiger partial charge >= 0.3 is 5.97 Å². The number of carboxylic acid groups (broad SMARTS) is 1. The summed E-state index contributed by atoms with van der Waals surface area (Å²) in [5.74, 6) is -0.283. The van der Waals surface area contributed by atoms with Crippen molar-refractivity contribution in [1.29, 1.82) is 0 Å². The van der Waals surface area contributed by atoms with Crippen LogP contribution in [0.3, 0.4) is 0 Å². The van der Waals surface area contributed by atoms with Crippen LogP contribution in [-0.4, -0.2) is 83.2 Å². The molecule has 11 nitrogen and oxygen atoms in total. The number of nitrogens with zero attached hydrogens (tertiary/aromatic N) is 3. The molecule has 0 aliphatic rings. The molecule has 0 aliphatic heterocycles. The van der Waals surface area contributed by atoms with E-state index in [1.807, 2.05) is 39.2 Å². The Labute approximate surface area is 334 Å². The first kappa shape index (κ1) is 49.0. The molecule has 0 spiro atoms. The van der Waals surface area contributed by atoms with E-state index in [4.69, 9.17) is 5.11 Å². The molecule has 54 heavy (non-hydrogen) atoms. The number of Topliss-reactive ketones (excluding diaryl/α,β-unsaturated/α-hetero) is 5. The number of ketones is 6. The van der Waals surface area contributed by atoms with Crippen molar-refractivity contribution in [2.45, 2.75) is 49.0 Å². The molecule has 0 saturated heterocycles. The summed E-state index contributed by atoms with van der Waals surface area (Å²) in [6.07, 6.45) is 4.91. The predicted octanol–water partition coefficient (Wildman–Crippen LogP) is 9.23. The van der Waals surface area contributed by atoms with Crippen molar-refractivity contribution in [3.05, 3.63) is 113 Å². The van der Waals surface area contributed by atoms with Gasteiger partial charge in [-0.25, -0.2) is 14.8 Å². The summed E-state index contributed by atoms with van der Waals surface area (Å²) < 4.78 is 0. The van der Waals surface area contributed by atoms with E-state index < -0.39 is 5.97 Å². The van der Waals surface area contributed by atoms with Crippen molar-refractivity contribution < 1.29 is 40.1 Å². The molecule has 0 unspecified atom stereocenters. The maximum absolute atomic E-state index is 11.6. The zero-order valence-electron chi connectivity index (χ0n) is 30.3. The summed E-state index contributed by atoms with van der Waals surface area (Å²) in [5.41, 5.74) is 0.875. The smallest absolute Gasteiger partial charge is 0.345 e. The zero-order chi connectivity index (χ0) is 39.1. The summed E-state index contributed by atoms with van der Waals surface area (Å²) in [6.45, 7) is 9.32. The molecule has 5 aromatic rings. The lowest BCUT2D eigenvalue weighted by molar-refractivity contribution is 0.0700. The number of thiophene rings is 4. The molecule has 0 aromatic carbocycles. The molecular weight excluding hydrogens is 766 g/mol. The van der Waals surface area contributed by atoms with Crippen LogP contribution in [0.5, 0.6) is 0 Å². The van der Waals surface area contributed by atoms with Gasteiger partial charge in [-0.15, -0.1) is 45.3 Å². The number of aromatic nitrogens is 2. The molecule has 0 saturated carbocycles. The van der Waals surface area contributed by atoms with Crippen molar-refractivity contribution in [1.82, 2.24) is 14.9 Å². The maximum Gasteiger partial charge on any atom is 0.345 e. The number of aromatic carboxylic acids is 1. The zero-order valence-corrected chi connectivity index (χ0v) is 33.6. The lowest BCUT2D eigenvalue weighted by Crippen LogP contribution is -2.02. The Balaban J connectivity index is 0. The van der Waals surface area contributed by atoms with Gasteiger partial charge in [0.05, 0.1) is 39.8 Å². The van der Waals surface area contributed by atoms with E-state index in [0.29, 0.717) is 24.4 Å². The number of allylic oxidation sites excluding steroid dienone is 1. The van der Waals surface area contributed by atoms with E-state index in [1.165, 1.54) is 79.9 Å². The van der Waals surface area contributed by atoms with E-state index in [2.05, 4.69) is 9.97 Å². The minimum absolute atomic E-state index is 0. The normalized spacial score (nSPS) is 9.70. The molecule has 0 bridgehead atoms. The Morgan fingerprint density at radius 2 is 0.981 bits per heavy atom. The molecule has 0 amide bonds. The Morgan fingerprint density at radius 3 is 1.33 bits per heavy atom. The highest BCUT2D eigenvalue weighted by molar-refractivity contribution is 7.17. The average Bonchev–Trinajstić information content (AvgIpc) is 3.91. The summed E-state index contributed by atoms with van der Waals surface area (Å²) in [4.78, 5) is 91.4. The second-order valence-electron chi connectivity index (χ2n) is 10.9. The number of carbonyl (C=O) groups is 7. The third-order valence-electron chi connectivity index (χ3n) is 6.17. The second-order valence-corrected chi connectivity index (χ2v) is 15.2. The van der Waals surface area contributed by atoms with Crippen LogP contribution in [0.15, 0.2) is 73.1 Å². The molecule has 1 N–H and O–H groups in total. The molecule has 3 radical (unpaired) electrons. The van der Waals surface area contributed by atoms with E-state index in [9.17, 15) is 33.6 Å². The van der Waals surface area contributed by atoms with Crippen molar-refractivity contribution in [3.63, 3.8) is 0 Å². The second kappa shape index (κ2) is 23.6. The molecule has 5 rings (SSSR count). The average molecular weight is 810 g/mol. The van der Waals surface area contributed by atoms with Crippen LogP contribution in [0.25, 0.3) is 10.6 Å². The Morgan fingerprint density at radius 1 is 0.611 bits per heavy atom. The van der Waals surface area contributed by atoms with Crippen molar-refractivity contribution in [3.8, 4) is 10.6 Å². The highest BCUT2D eigenvalue weighted by Gasteiger charge is 2.10. The van der Waals surface area contributed by atoms with Crippen LogP contribution < -0.4 is 0 Å². The van der Waals surface area contributed by atoms with Gasteiger partial charge in [-0.2, -0.15) is 0 Å². The molecule has 5 aromatic heterocycles. The predicted molar refractivity (Wildman–Crippen MR) is 222 cm³/mol. The quantitative estimate of drug-likeness (QED) is 0.0811. The van der Waals surface area contributed by atoms with Crippen molar-refractivity contribution in [2.75, 3.05) is 14.1 Å². The van der Waals surface area contributed by atoms with Gasteiger partial charge in [0.2, 0.25) is 0 Å². The lowest BCUT2D eigenvalue weighted by atomic mass is 10.3. The highest BCUT2D eigenvalue weighted by Crippen LogP contribution is 2.26. The first-order chi connectivity index (χ1) is 24.4. The molecular formula is C38H43BN3O8S4. The minimum Gasteiger partial charge on any atom is -0.477 e. The fraction of sp³-hybridized carbons (Fsp3) is 0.237. The minimum atomic E-state index is -0.984. The topological polar surface area (TPSA) is 169 Å². The fourth-order valence-corrected chi connectivity index (χ4v) is 6.80. The van der Waals surface area contributed by atoms with Gasteiger partial charge < -0.3 is 10.0 Å². The monoisotopic (exact) mass is 809 g/mol. The summed E-state index contributed by atoms with van der Waals surface area (Å²) >= 11 is 4.94. The van der Waals surface area contributed by atoms with Gasteiger partial charge in [-0.3, -0.25) is 28.8 Å². The van der Waals surface area contributed by atoms with Crippen molar-refractivity contribution >= 4 is 94.4 Å². The molecule has 5 heterocycles. The molecule has 16 heteroatoms. The van der Waals surface area contributed by atoms with E-state index >= 15 is 0 Å². The van der Waals surface area contributed by atoms with Gasteiger partial charge in [0.25, 0.3) is 0 Å². The number of carboxylic acids is 1. The number of hydrogen-bond donors (Lipinski definition) is 1. The third kappa shape index (κ3) is 16.3. The summed E-state index contributed by atoms with van der Waals surface area (Å²) in [5, 5.41) is 8.48. The van der Waals surface area contributed by atoms with Crippen LogP contribution in [-0.2, 0) is 0 Å². The van der Waals surface area contributed by atoms with Gasteiger partial charge in [0.1, 0.15) is 10.7 Å². The largest absolute Gasteiger partial charge is 0.477 e. The van der Waals surface area contributed by atoms with Crippen LogP contribution in [0.4, 0.5) is 0 Å². The van der Waals surface area contributed by atoms with Crippen molar-refractivity contribution in [2.24, 2.45) is 0 Å². The number of rotatable bonds is 10. The van der Waals surface area contributed by atoms with E-state index in [1.54, 1.807) is 48.5 Å². The van der Waals surface area contributed by atoms with Crippen LogP contribution in [0.1, 0.15) is 117 Å². The van der Waals surface area contributed by atoms with E-state index in [-0.39, 0.29) is 56.8 Å². The lowest BCUT2D eigenvalue weighted by Gasteiger charge is -2.01. The van der Waals surface area contributed by atoms with Gasteiger partial charge in [0, 0.05) is 42.4 Å². The highest BCUT2D eigenvalue weighted by atomic mass is 32.1. The fourth-order valence-electron chi connectivity index (χ4n) is 3.57. The Bertz CT molecular complexity index is 1990. The van der Waals surface area contributed by atoms with Crippen LogP contribution in [0.2, 0.25) is 0 Å². The number of carbonyl (C=O) groups excluding carboxylic acids is 6. The maximum atomic E-state index is 11.6. The van der Waals surface area contributed by atoms with Gasteiger partial charge in [0.15, 0.2) is 34.7 Å². The Hall–Kier alpha value is -5.03. The van der Waals surface area contributed by atoms with Crippen LogP contribution >= 0.6 is 45.3 Å². The standard InChI is InChI=1S/C11H10N2OS.C11H13NO2S.C8H8O2S.C7H6O3S.CH4.B.H2/c1-7(14)10-3-4-11(15-10)9-5-6-12-8(2)13-9;1-8(13)10-4-5-11(15-10)9(14)6-7-12(2)3;1-5(9)7-3-4-8(11-7)6(2)10;1-4(8)5-2-3-6(11-5)7(9)10;;;/h3-6H,1-2H3;4-7H,1-3H3;3-4H,1-2H3;2-3H,1H3,(H,9,10);1H4;;1H/i;;;;;;1+1. The third-order valence-corrected chi connectivity index (χ3v) is 11.0. The van der Waals surface area contributed by atoms with Gasteiger partial charge in [-0.1, -0.05) is 7.43 Å².